The summed E-state index contributed by atoms with van der Waals surface area (Å²) in [7, 11) is 0. The number of nitrogens with two attached hydrogens (primary N) is 2. The number of benzene rings is 1. The standard InChI is InChI=1S/C13H12BrN7/c14-8-4-7-2-1-3-9(12(7)17-6-8)18-10-5-11(21-16)20-13(15)19-10/h1-6H,16H2,(H4,15,18,19,20,21). The van der Waals surface area contributed by atoms with Crippen LogP contribution in [0.2, 0.25) is 0 Å². The maximum atomic E-state index is 5.64. The van der Waals surface area contributed by atoms with Gasteiger partial charge >= 0.3 is 0 Å². The maximum absolute atomic E-state index is 5.64. The average Bonchev–Trinajstić information content (AvgIpc) is 2.46. The number of nitrogens with zero attached hydrogens (tertiary/aromatic N) is 3. The lowest BCUT2D eigenvalue weighted by atomic mass is 10.2. The Morgan fingerprint density at radius 2 is 1.90 bits per heavy atom. The van der Waals surface area contributed by atoms with Crippen LogP contribution in [0.3, 0.4) is 0 Å². The van der Waals surface area contributed by atoms with E-state index in [9.17, 15) is 0 Å². The van der Waals surface area contributed by atoms with Crippen molar-refractivity contribution < 1.29 is 0 Å². The summed E-state index contributed by atoms with van der Waals surface area (Å²) in [6, 6.07) is 9.49. The van der Waals surface area contributed by atoms with Crippen molar-refractivity contribution in [1.29, 1.82) is 0 Å². The van der Waals surface area contributed by atoms with Crippen molar-refractivity contribution in [2.45, 2.75) is 0 Å². The van der Waals surface area contributed by atoms with Crippen molar-refractivity contribution in [3.8, 4) is 0 Å². The Morgan fingerprint density at radius 1 is 1.10 bits per heavy atom. The molecule has 0 fully saturated rings. The Hall–Kier alpha value is -2.45. The van der Waals surface area contributed by atoms with Crippen molar-refractivity contribution >= 4 is 50.1 Å². The molecule has 21 heavy (non-hydrogen) atoms. The number of para-hydroxylation sites is 1. The smallest absolute Gasteiger partial charge is 0.223 e. The number of hydrogen-bond acceptors (Lipinski definition) is 7. The summed E-state index contributed by atoms with van der Waals surface area (Å²) in [6.45, 7) is 0. The lowest BCUT2D eigenvalue weighted by Gasteiger charge is -2.10. The number of aromatic nitrogens is 3. The zero-order chi connectivity index (χ0) is 14.8. The molecular weight excluding hydrogens is 334 g/mol. The van der Waals surface area contributed by atoms with Gasteiger partial charge in [0.15, 0.2) is 0 Å². The van der Waals surface area contributed by atoms with E-state index in [4.69, 9.17) is 11.6 Å². The fourth-order valence-corrected chi connectivity index (χ4v) is 2.33. The molecule has 0 saturated carbocycles. The molecular formula is C13H12BrN7. The lowest BCUT2D eigenvalue weighted by Crippen LogP contribution is -2.11. The summed E-state index contributed by atoms with van der Waals surface area (Å²) in [5.74, 6) is 6.44. The molecule has 7 nitrogen and oxygen atoms in total. The number of pyridine rings is 1. The normalized spacial score (nSPS) is 10.6. The van der Waals surface area contributed by atoms with Crippen LogP contribution in [0, 0.1) is 0 Å². The highest BCUT2D eigenvalue weighted by Crippen LogP contribution is 2.26. The minimum atomic E-state index is 0.129. The Bertz CT molecular complexity index is 806. The SMILES string of the molecule is NNc1cc(Nc2cccc3cc(Br)cnc23)nc(N)n1. The van der Waals surface area contributed by atoms with E-state index in [0.29, 0.717) is 11.6 Å². The van der Waals surface area contributed by atoms with Gasteiger partial charge in [-0.25, -0.2) is 5.84 Å². The van der Waals surface area contributed by atoms with Gasteiger partial charge in [0.2, 0.25) is 5.95 Å². The van der Waals surface area contributed by atoms with Crippen LogP contribution in [0.1, 0.15) is 0 Å². The third-order valence-corrected chi connectivity index (χ3v) is 3.27. The van der Waals surface area contributed by atoms with Crippen molar-refractivity contribution in [3.63, 3.8) is 0 Å². The number of fused-ring (bicyclic) bond motifs is 1. The monoisotopic (exact) mass is 345 g/mol. The molecule has 0 aliphatic heterocycles. The van der Waals surface area contributed by atoms with Gasteiger partial charge in [-0.1, -0.05) is 12.1 Å². The number of halogens is 1. The first-order chi connectivity index (χ1) is 10.2. The Morgan fingerprint density at radius 3 is 2.71 bits per heavy atom. The van der Waals surface area contributed by atoms with Gasteiger partial charge in [0, 0.05) is 22.1 Å². The van der Waals surface area contributed by atoms with E-state index in [0.717, 1.165) is 21.1 Å². The highest BCUT2D eigenvalue weighted by atomic mass is 79.9. The topological polar surface area (TPSA) is 115 Å². The third kappa shape index (κ3) is 2.86. The van der Waals surface area contributed by atoms with Crippen molar-refractivity contribution in [3.05, 3.63) is 41.0 Å². The Kier molecular flexibility index (Phi) is 3.55. The summed E-state index contributed by atoms with van der Waals surface area (Å²) in [4.78, 5) is 12.5. The molecule has 106 valence electrons. The molecule has 3 aromatic rings. The number of anilines is 4. The van der Waals surface area contributed by atoms with E-state index < -0.39 is 0 Å². The number of hydrogen-bond donors (Lipinski definition) is 4. The van der Waals surface area contributed by atoms with Crippen LogP contribution < -0.4 is 22.3 Å². The van der Waals surface area contributed by atoms with Gasteiger partial charge < -0.3 is 16.5 Å². The fraction of sp³-hybridized carbons (Fsp3) is 0. The Labute approximate surface area is 128 Å². The van der Waals surface area contributed by atoms with Crippen LogP contribution in [0.5, 0.6) is 0 Å². The average molecular weight is 346 g/mol. The van der Waals surface area contributed by atoms with E-state index >= 15 is 0 Å². The summed E-state index contributed by atoms with van der Waals surface area (Å²) in [5.41, 5.74) is 9.74. The molecule has 3 rings (SSSR count). The molecule has 1 aromatic carbocycles. The van der Waals surface area contributed by atoms with Gasteiger partial charge in [-0.05, 0) is 28.1 Å². The second-order valence-corrected chi connectivity index (χ2v) is 5.21. The molecule has 8 heteroatoms. The molecule has 0 aliphatic carbocycles. The van der Waals surface area contributed by atoms with Crippen LogP contribution >= 0.6 is 15.9 Å². The molecule has 2 aromatic heterocycles. The molecule has 0 unspecified atom stereocenters. The number of hydrazine groups is 1. The highest BCUT2D eigenvalue weighted by molar-refractivity contribution is 9.10. The summed E-state index contributed by atoms with van der Waals surface area (Å²) in [5, 5.41) is 4.19. The van der Waals surface area contributed by atoms with Gasteiger partial charge in [-0.3, -0.25) is 4.98 Å². The number of rotatable bonds is 3. The van der Waals surface area contributed by atoms with Crippen LogP contribution in [0.25, 0.3) is 10.9 Å². The second kappa shape index (κ2) is 5.51. The van der Waals surface area contributed by atoms with E-state index in [1.807, 2.05) is 24.3 Å². The van der Waals surface area contributed by atoms with Crippen molar-refractivity contribution in [2.75, 3.05) is 16.5 Å². The van der Waals surface area contributed by atoms with Crippen molar-refractivity contribution in [2.24, 2.45) is 5.84 Å². The van der Waals surface area contributed by atoms with Gasteiger partial charge in [-0.2, -0.15) is 9.97 Å². The van der Waals surface area contributed by atoms with Gasteiger partial charge in [-0.15, -0.1) is 0 Å². The van der Waals surface area contributed by atoms with Gasteiger partial charge in [0.25, 0.3) is 0 Å². The maximum Gasteiger partial charge on any atom is 0.223 e. The van der Waals surface area contributed by atoms with Crippen LogP contribution in [-0.2, 0) is 0 Å². The van der Waals surface area contributed by atoms with E-state index in [-0.39, 0.29) is 5.95 Å². The predicted molar refractivity (Wildman–Crippen MR) is 87.0 cm³/mol. The van der Waals surface area contributed by atoms with Crippen LogP contribution in [0.15, 0.2) is 41.0 Å². The minimum Gasteiger partial charge on any atom is -0.368 e. The molecule has 0 bridgehead atoms. The molecule has 0 aliphatic rings. The predicted octanol–water partition coefficient (Wildman–Crippen LogP) is 2.40. The lowest BCUT2D eigenvalue weighted by molar-refractivity contribution is 1.15. The molecule has 0 saturated heterocycles. The van der Waals surface area contributed by atoms with E-state index in [2.05, 4.69) is 41.6 Å². The van der Waals surface area contributed by atoms with Gasteiger partial charge in [0.05, 0.1) is 11.2 Å². The molecule has 0 amide bonds. The molecule has 6 N–H and O–H groups in total. The van der Waals surface area contributed by atoms with Gasteiger partial charge in [0.1, 0.15) is 11.6 Å². The second-order valence-electron chi connectivity index (χ2n) is 4.30. The first kappa shape index (κ1) is 13.5. The zero-order valence-corrected chi connectivity index (χ0v) is 12.4. The first-order valence-electron chi connectivity index (χ1n) is 6.08. The largest absolute Gasteiger partial charge is 0.368 e. The molecule has 0 spiro atoms. The van der Waals surface area contributed by atoms with E-state index in [1.165, 1.54) is 0 Å². The highest BCUT2D eigenvalue weighted by Gasteiger charge is 2.06. The first-order valence-corrected chi connectivity index (χ1v) is 6.87. The number of nitrogen functional groups attached to an aromatic ring is 2. The summed E-state index contributed by atoms with van der Waals surface area (Å²) < 4.78 is 0.924. The quantitative estimate of drug-likeness (QED) is 0.425. The van der Waals surface area contributed by atoms with E-state index in [1.54, 1.807) is 12.3 Å². The summed E-state index contributed by atoms with van der Waals surface area (Å²) in [6.07, 6.45) is 1.74. The molecule has 0 atom stereocenters. The third-order valence-electron chi connectivity index (χ3n) is 2.83. The zero-order valence-electron chi connectivity index (χ0n) is 10.8. The fourth-order valence-electron chi connectivity index (χ4n) is 1.98. The van der Waals surface area contributed by atoms with Crippen molar-refractivity contribution in [1.82, 2.24) is 15.0 Å². The van der Waals surface area contributed by atoms with Crippen LogP contribution in [-0.4, -0.2) is 15.0 Å². The molecule has 2 heterocycles. The Balaban J connectivity index is 2.04. The molecule has 0 radical (unpaired) electrons. The summed E-state index contributed by atoms with van der Waals surface area (Å²) >= 11 is 3.41. The number of nitrogens with one attached hydrogen (secondary N) is 2. The van der Waals surface area contributed by atoms with Crippen LogP contribution in [0.4, 0.5) is 23.3 Å². The minimum absolute atomic E-state index is 0.129.